The third-order valence-electron chi connectivity index (χ3n) is 5.77. The van der Waals surface area contributed by atoms with Crippen LogP contribution in [0.1, 0.15) is 36.2 Å². The average Bonchev–Trinajstić information content (AvgIpc) is 3.43. The summed E-state index contributed by atoms with van der Waals surface area (Å²) in [7, 11) is 0. The van der Waals surface area contributed by atoms with Crippen LogP contribution in [-0.4, -0.2) is 47.7 Å². The lowest BCUT2D eigenvalue weighted by Gasteiger charge is -2.13. The van der Waals surface area contributed by atoms with Gasteiger partial charge in [0.15, 0.2) is 17.3 Å². The van der Waals surface area contributed by atoms with E-state index in [4.69, 9.17) is 0 Å². The minimum atomic E-state index is -0.454. The van der Waals surface area contributed by atoms with Gasteiger partial charge in [0.25, 0.3) is 0 Å². The summed E-state index contributed by atoms with van der Waals surface area (Å²) in [6, 6.07) is 1.15. The molecule has 32 heavy (non-hydrogen) atoms. The summed E-state index contributed by atoms with van der Waals surface area (Å²) in [6.07, 6.45) is 13.6. The fourth-order valence-corrected chi connectivity index (χ4v) is 4.04. The lowest BCUT2D eigenvalue weighted by Crippen LogP contribution is -2.11. The smallest absolute Gasteiger partial charge is 0.166 e. The summed E-state index contributed by atoms with van der Waals surface area (Å²) in [6.45, 7) is 2.48. The Kier molecular flexibility index (Phi) is 5.40. The number of hydrogen-bond donors (Lipinski definition) is 3. The highest BCUT2D eigenvalue weighted by atomic mass is 19.1. The van der Waals surface area contributed by atoms with E-state index in [9.17, 15) is 9.50 Å². The Balaban J connectivity index is 1.47. The summed E-state index contributed by atoms with van der Waals surface area (Å²) in [4.78, 5) is 21.0. The van der Waals surface area contributed by atoms with E-state index >= 15 is 0 Å². The molecule has 9 heteroatoms. The maximum Gasteiger partial charge on any atom is 0.166 e. The van der Waals surface area contributed by atoms with Gasteiger partial charge in [-0.15, -0.1) is 0 Å². The van der Waals surface area contributed by atoms with Gasteiger partial charge in [0.05, 0.1) is 25.2 Å². The highest BCUT2D eigenvalue weighted by Crippen LogP contribution is 2.27. The number of anilines is 1. The molecule has 0 amide bonds. The van der Waals surface area contributed by atoms with E-state index in [0.717, 1.165) is 25.5 Å². The number of nitrogens with zero attached hydrogens (tertiary/aromatic N) is 5. The van der Waals surface area contributed by atoms with Crippen molar-refractivity contribution in [2.75, 3.05) is 18.5 Å². The molecule has 4 aromatic heterocycles. The zero-order valence-corrected chi connectivity index (χ0v) is 17.7. The highest BCUT2D eigenvalue weighted by Gasteiger charge is 2.18. The number of hydrogen-bond acceptors (Lipinski definition) is 6. The van der Waals surface area contributed by atoms with Crippen molar-refractivity contribution in [1.82, 2.24) is 29.5 Å². The molecule has 4 heterocycles. The molecule has 164 valence electrons. The fraction of sp³-hybridized carbons (Fsp3) is 0.304. The number of rotatable bonds is 7. The van der Waals surface area contributed by atoms with Gasteiger partial charge < -0.3 is 20.0 Å². The van der Waals surface area contributed by atoms with E-state index in [2.05, 4.69) is 48.6 Å². The first-order valence-electron chi connectivity index (χ1n) is 10.7. The predicted molar refractivity (Wildman–Crippen MR) is 121 cm³/mol. The van der Waals surface area contributed by atoms with Crippen molar-refractivity contribution in [2.24, 2.45) is 0 Å². The number of allylic oxidation sites excluding steroid dienone is 1. The molecule has 0 bridgehead atoms. The van der Waals surface area contributed by atoms with Crippen molar-refractivity contribution in [2.45, 2.75) is 32.2 Å². The molecule has 0 radical (unpaired) electrons. The first kappa shape index (κ1) is 20.3. The largest absolute Gasteiger partial charge is 0.394 e. The van der Waals surface area contributed by atoms with E-state index in [1.165, 1.54) is 29.1 Å². The second-order valence-electron chi connectivity index (χ2n) is 7.97. The Bertz CT molecular complexity index is 1290. The highest BCUT2D eigenvalue weighted by molar-refractivity contribution is 5.85. The van der Waals surface area contributed by atoms with Crippen LogP contribution in [0.5, 0.6) is 0 Å². The second-order valence-corrected chi connectivity index (χ2v) is 7.97. The van der Waals surface area contributed by atoms with Gasteiger partial charge in [-0.1, -0.05) is 6.08 Å². The monoisotopic (exact) mass is 433 g/mol. The van der Waals surface area contributed by atoms with Crippen LogP contribution in [0.25, 0.3) is 28.6 Å². The number of aromatic amines is 1. The Morgan fingerprint density at radius 2 is 2.22 bits per heavy atom. The molecule has 0 unspecified atom stereocenters. The molecule has 4 aromatic rings. The molecule has 1 aliphatic rings. The summed E-state index contributed by atoms with van der Waals surface area (Å²) < 4.78 is 15.6. The molecule has 1 aliphatic carbocycles. The van der Waals surface area contributed by atoms with Crippen LogP contribution in [0.3, 0.4) is 0 Å². The zero-order chi connectivity index (χ0) is 22.1. The average molecular weight is 433 g/mol. The molecule has 5 rings (SSSR count). The number of halogens is 1. The topological polar surface area (TPSA) is 105 Å². The van der Waals surface area contributed by atoms with Crippen molar-refractivity contribution >= 4 is 23.1 Å². The molecule has 0 saturated heterocycles. The van der Waals surface area contributed by atoms with Crippen LogP contribution >= 0.6 is 0 Å². The van der Waals surface area contributed by atoms with Crippen molar-refractivity contribution in [3.63, 3.8) is 0 Å². The Labute approximate surface area is 184 Å². The number of fused-ring (bicyclic) bond motifs is 2. The van der Waals surface area contributed by atoms with E-state index in [-0.39, 0.29) is 12.6 Å². The summed E-state index contributed by atoms with van der Waals surface area (Å²) in [5, 5.41) is 13.0. The van der Waals surface area contributed by atoms with Gasteiger partial charge in [0.1, 0.15) is 11.3 Å². The molecular formula is C23H24FN7O. The molecule has 0 spiro atoms. The number of aromatic nitrogens is 6. The lowest BCUT2D eigenvalue weighted by molar-refractivity contribution is 0.241. The Morgan fingerprint density at radius 1 is 1.31 bits per heavy atom. The number of pyridine rings is 1. The molecule has 0 saturated carbocycles. The SMILES string of the molecule is C[C@H](CO)n1cnc2c(NCCc3c[nH]c4c3CCC=C4)nc(-c3cncc(F)c3)nc21. The molecule has 3 N–H and O–H groups in total. The van der Waals surface area contributed by atoms with Gasteiger partial charge >= 0.3 is 0 Å². The van der Waals surface area contributed by atoms with Crippen LogP contribution in [0, 0.1) is 5.82 Å². The first-order chi connectivity index (χ1) is 15.6. The molecule has 0 aliphatic heterocycles. The van der Waals surface area contributed by atoms with Crippen molar-refractivity contribution in [1.29, 1.82) is 0 Å². The quantitative estimate of drug-likeness (QED) is 0.412. The number of imidazole rings is 1. The molecule has 1 atom stereocenters. The predicted octanol–water partition coefficient (Wildman–Crippen LogP) is 3.52. The van der Waals surface area contributed by atoms with Crippen LogP contribution in [-0.2, 0) is 12.8 Å². The normalized spacial score (nSPS) is 14.0. The minimum absolute atomic E-state index is 0.0534. The third-order valence-corrected chi connectivity index (χ3v) is 5.77. The number of nitrogens with one attached hydrogen (secondary N) is 2. The molecular weight excluding hydrogens is 409 g/mol. The number of aliphatic hydroxyl groups excluding tert-OH is 1. The van der Waals surface area contributed by atoms with Crippen LogP contribution in [0.15, 0.2) is 37.1 Å². The minimum Gasteiger partial charge on any atom is -0.394 e. The molecule has 0 aromatic carbocycles. The lowest BCUT2D eigenvalue weighted by atomic mass is 9.99. The fourth-order valence-electron chi connectivity index (χ4n) is 4.04. The Hall–Kier alpha value is -3.59. The van der Waals surface area contributed by atoms with Gasteiger partial charge in [0, 0.05) is 30.2 Å². The summed E-state index contributed by atoms with van der Waals surface area (Å²) >= 11 is 0. The molecule has 8 nitrogen and oxygen atoms in total. The van der Waals surface area contributed by atoms with Crippen molar-refractivity contribution in [3.05, 3.63) is 59.7 Å². The van der Waals surface area contributed by atoms with Gasteiger partial charge in [-0.25, -0.2) is 19.3 Å². The van der Waals surface area contributed by atoms with Gasteiger partial charge in [-0.3, -0.25) is 4.98 Å². The van der Waals surface area contributed by atoms with Crippen LogP contribution in [0.2, 0.25) is 0 Å². The van der Waals surface area contributed by atoms with E-state index < -0.39 is 5.82 Å². The number of aliphatic hydroxyl groups is 1. The van der Waals surface area contributed by atoms with E-state index in [0.29, 0.717) is 34.9 Å². The maximum absolute atomic E-state index is 13.8. The van der Waals surface area contributed by atoms with Crippen LogP contribution in [0.4, 0.5) is 10.2 Å². The Morgan fingerprint density at radius 3 is 3.06 bits per heavy atom. The standard InChI is InChI=1S/C23H24FN7O/c1-14(12-32)31-13-28-20-22(26-7-6-15-10-27-19-5-3-2-4-18(15)19)29-21(30-23(20)31)16-8-17(24)11-25-9-16/h3,5,8-11,13-14,27,32H,2,4,6-7,12H2,1H3,(H,26,29,30)/t14-/m1/s1. The maximum atomic E-state index is 13.8. The van der Waals surface area contributed by atoms with Gasteiger partial charge in [-0.2, -0.15) is 0 Å². The second kappa shape index (κ2) is 8.51. The van der Waals surface area contributed by atoms with Crippen molar-refractivity contribution in [3.8, 4) is 11.4 Å². The summed E-state index contributed by atoms with van der Waals surface area (Å²) in [5.41, 5.74) is 5.51. The van der Waals surface area contributed by atoms with Gasteiger partial charge in [-0.05, 0) is 49.5 Å². The molecule has 0 fully saturated rings. The summed E-state index contributed by atoms with van der Waals surface area (Å²) in [5.74, 6) is 0.467. The number of H-pyrrole nitrogens is 1. The van der Waals surface area contributed by atoms with Crippen molar-refractivity contribution < 1.29 is 9.50 Å². The zero-order valence-electron chi connectivity index (χ0n) is 17.7. The first-order valence-corrected chi connectivity index (χ1v) is 10.7. The van der Waals surface area contributed by atoms with Crippen LogP contribution < -0.4 is 5.32 Å². The van der Waals surface area contributed by atoms with E-state index in [1.54, 1.807) is 10.9 Å². The van der Waals surface area contributed by atoms with E-state index in [1.807, 2.05) is 6.92 Å². The third kappa shape index (κ3) is 3.75. The van der Waals surface area contributed by atoms with Gasteiger partial charge in [0.2, 0.25) is 0 Å².